The Labute approximate surface area is 165 Å². The summed E-state index contributed by atoms with van der Waals surface area (Å²) in [6.07, 6.45) is 0. The smallest absolute Gasteiger partial charge is 0.339 e. The first kappa shape index (κ1) is 19.9. The van der Waals surface area contributed by atoms with Crippen LogP contribution in [0.1, 0.15) is 15.9 Å². The fourth-order valence-electron chi connectivity index (χ4n) is 2.61. The highest BCUT2D eigenvalue weighted by Gasteiger charge is 2.26. The van der Waals surface area contributed by atoms with Crippen LogP contribution in [0.4, 0.5) is 4.39 Å². The molecule has 0 radical (unpaired) electrons. The molecule has 0 aliphatic carbocycles. The summed E-state index contributed by atoms with van der Waals surface area (Å²) in [4.78, 5) is 12.3. The first-order chi connectivity index (χ1) is 12.9. The summed E-state index contributed by atoms with van der Waals surface area (Å²) in [7, 11) is -3.63. The van der Waals surface area contributed by atoms with Crippen LogP contribution >= 0.6 is 15.9 Å². The Kier molecular flexibility index (Phi) is 6.25. The van der Waals surface area contributed by atoms with Crippen LogP contribution < -0.4 is 0 Å². The van der Waals surface area contributed by atoms with E-state index in [9.17, 15) is 17.6 Å². The third-order valence-corrected chi connectivity index (χ3v) is 6.61. The second-order valence-corrected chi connectivity index (χ2v) is 8.66. The second-order valence-electron chi connectivity index (χ2n) is 5.86. The Balaban J connectivity index is 1.72. The number of sulfonamides is 1. The van der Waals surface area contributed by atoms with Crippen LogP contribution in [0, 0.1) is 5.82 Å². The molecule has 3 rings (SSSR count). The van der Waals surface area contributed by atoms with E-state index in [4.69, 9.17) is 9.47 Å². The number of nitrogens with zero attached hydrogens (tertiary/aromatic N) is 1. The molecule has 1 saturated heterocycles. The van der Waals surface area contributed by atoms with E-state index in [2.05, 4.69) is 15.9 Å². The minimum atomic E-state index is -3.63. The zero-order chi connectivity index (χ0) is 19.4. The van der Waals surface area contributed by atoms with Gasteiger partial charge in [-0.3, -0.25) is 0 Å². The molecule has 27 heavy (non-hydrogen) atoms. The van der Waals surface area contributed by atoms with Crippen LogP contribution in [0.15, 0.2) is 51.8 Å². The molecule has 1 aliphatic heterocycles. The Hall–Kier alpha value is -1.81. The normalized spacial score (nSPS) is 15.5. The number of hydrogen-bond donors (Lipinski definition) is 0. The van der Waals surface area contributed by atoms with Crippen LogP contribution in [0.2, 0.25) is 0 Å². The van der Waals surface area contributed by atoms with Gasteiger partial charge in [0.15, 0.2) is 0 Å². The maximum atomic E-state index is 13.3. The first-order valence-corrected chi connectivity index (χ1v) is 10.4. The average Bonchev–Trinajstić information content (AvgIpc) is 2.69. The van der Waals surface area contributed by atoms with Gasteiger partial charge in [0.2, 0.25) is 10.0 Å². The van der Waals surface area contributed by atoms with Gasteiger partial charge in [-0.2, -0.15) is 4.31 Å². The number of carbonyl (C=O) groups is 1. The Bertz CT molecular complexity index is 945. The number of benzene rings is 2. The van der Waals surface area contributed by atoms with Crippen molar-refractivity contribution in [2.45, 2.75) is 11.5 Å². The fraction of sp³-hybridized carbons (Fsp3) is 0.278. The van der Waals surface area contributed by atoms with Crippen LogP contribution in [-0.4, -0.2) is 45.0 Å². The summed E-state index contributed by atoms with van der Waals surface area (Å²) >= 11 is 3.18. The zero-order valence-corrected chi connectivity index (χ0v) is 16.6. The lowest BCUT2D eigenvalue weighted by atomic mass is 10.2. The van der Waals surface area contributed by atoms with Crippen LogP contribution in [0.5, 0.6) is 0 Å². The topological polar surface area (TPSA) is 72.9 Å². The van der Waals surface area contributed by atoms with Gasteiger partial charge >= 0.3 is 5.97 Å². The highest BCUT2D eigenvalue weighted by molar-refractivity contribution is 9.10. The van der Waals surface area contributed by atoms with E-state index < -0.39 is 21.8 Å². The number of esters is 1. The summed E-state index contributed by atoms with van der Waals surface area (Å²) in [5.74, 6) is -1.26. The maximum Gasteiger partial charge on any atom is 0.339 e. The van der Waals surface area contributed by atoms with E-state index in [0.29, 0.717) is 36.3 Å². The Morgan fingerprint density at radius 2 is 1.93 bits per heavy atom. The molecular formula is C18H17BrFNO5S. The number of ether oxygens (including phenoxy) is 2. The van der Waals surface area contributed by atoms with E-state index in [1.54, 1.807) is 12.1 Å². The third-order valence-electron chi connectivity index (χ3n) is 4.02. The summed E-state index contributed by atoms with van der Waals surface area (Å²) in [5.41, 5.74) is 0.581. The van der Waals surface area contributed by atoms with Gasteiger partial charge in [0, 0.05) is 17.6 Å². The summed E-state index contributed by atoms with van der Waals surface area (Å²) in [6.45, 7) is 1.19. The SMILES string of the molecule is O=C(OCc1cccc(S(=O)(=O)N2CCOCC2)c1)c1cc(F)ccc1Br. The molecule has 0 amide bonds. The number of rotatable bonds is 5. The largest absolute Gasteiger partial charge is 0.457 e. The Morgan fingerprint density at radius 1 is 1.19 bits per heavy atom. The lowest BCUT2D eigenvalue weighted by molar-refractivity contribution is 0.0470. The monoisotopic (exact) mass is 457 g/mol. The van der Waals surface area contributed by atoms with Crippen molar-refractivity contribution in [2.75, 3.05) is 26.3 Å². The predicted octanol–water partition coefficient (Wildman–Crippen LogP) is 2.97. The molecule has 0 N–H and O–H groups in total. The van der Waals surface area contributed by atoms with Crippen molar-refractivity contribution in [2.24, 2.45) is 0 Å². The van der Waals surface area contributed by atoms with E-state index >= 15 is 0 Å². The summed E-state index contributed by atoms with van der Waals surface area (Å²) in [6, 6.07) is 9.94. The molecular weight excluding hydrogens is 441 g/mol. The van der Waals surface area contributed by atoms with E-state index in [1.165, 1.54) is 28.6 Å². The molecule has 0 saturated carbocycles. The van der Waals surface area contributed by atoms with Crippen molar-refractivity contribution in [3.05, 3.63) is 63.9 Å². The first-order valence-electron chi connectivity index (χ1n) is 8.17. The van der Waals surface area contributed by atoms with Crippen LogP contribution in [-0.2, 0) is 26.1 Å². The Morgan fingerprint density at radius 3 is 2.67 bits per heavy atom. The molecule has 2 aromatic rings. The fourth-order valence-corrected chi connectivity index (χ4v) is 4.50. The van der Waals surface area contributed by atoms with Gasteiger partial charge in [-0.15, -0.1) is 0 Å². The molecule has 0 unspecified atom stereocenters. The number of carbonyl (C=O) groups excluding carboxylic acids is 1. The standard InChI is InChI=1S/C18H17BrFNO5S/c19-17-5-4-14(20)11-16(17)18(22)26-12-13-2-1-3-15(10-13)27(23,24)21-6-8-25-9-7-21/h1-5,10-11H,6-9,12H2. The minimum absolute atomic E-state index is 0.0621. The average molecular weight is 458 g/mol. The molecule has 1 aliphatic rings. The predicted molar refractivity (Wildman–Crippen MR) is 99.2 cm³/mol. The van der Waals surface area contributed by atoms with Crippen molar-refractivity contribution >= 4 is 31.9 Å². The molecule has 0 aromatic heterocycles. The van der Waals surface area contributed by atoms with Gasteiger partial charge in [-0.1, -0.05) is 12.1 Å². The van der Waals surface area contributed by atoms with Gasteiger partial charge in [0.05, 0.1) is 23.7 Å². The highest BCUT2D eigenvalue weighted by Crippen LogP contribution is 2.21. The van der Waals surface area contributed by atoms with Crippen LogP contribution in [0.25, 0.3) is 0 Å². The number of halogens is 2. The van der Waals surface area contributed by atoms with E-state index in [0.717, 1.165) is 6.07 Å². The van der Waals surface area contributed by atoms with Crippen molar-refractivity contribution < 1.29 is 27.1 Å². The summed E-state index contributed by atoms with van der Waals surface area (Å²) < 4.78 is 50.9. The summed E-state index contributed by atoms with van der Waals surface area (Å²) in [5, 5.41) is 0. The molecule has 1 heterocycles. The molecule has 1 fully saturated rings. The van der Waals surface area contributed by atoms with Crippen molar-refractivity contribution in [1.29, 1.82) is 0 Å². The van der Waals surface area contributed by atoms with Gasteiger partial charge in [0.1, 0.15) is 12.4 Å². The molecule has 2 aromatic carbocycles. The third kappa shape index (κ3) is 4.73. The lowest BCUT2D eigenvalue weighted by Crippen LogP contribution is -2.40. The van der Waals surface area contributed by atoms with Crippen molar-refractivity contribution in [1.82, 2.24) is 4.31 Å². The highest BCUT2D eigenvalue weighted by atomic mass is 79.9. The molecule has 9 heteroatoms. The molecule has 0 bridgehead atoms. The lowest BCUT2D eigenvalue weighted by Gasteiger charge is -2.26. The van der Waals surface area contributed by atoms with Gasteiger partial charge in [-0.25, -0.2) is 17.6 Å². The quantitative estimate of drug-likeness (QED) is 0.645. The van der Waals surface area contributed by atoms with E-state index in [-0.39, 0.29) is 17.1 Å². The molecule has 0 spiro atoms. The van der Waals surface area contributed by atoms with Gasteiger partial charge in [-0.05, 0) is 51.8 Å². The van der Waals surface area contributed by atoms with Gasteiger partial charge in [0.25, 0.3) is 0 Å². The zero-order valence-electron chi connectivity index (χ0n) is 14.2. The van der Waals surface area contributed by atoms with Crippen molar-refractivity contribution in [3.63, 3.8) is 0 Å². The number of morpholine rings is 1. The molecule has 0 atom stereocenters. The minimum Gasteiger partial charge on any atom is -0.457 e. The van der Waals surface area contributed by atoms with Crippen molar-refractivity contribution in [3.8, 4) is 0 Å². The maximum absolute atomic E-state index is 13.3. The second kappa shape index (κ2) is 8.47. The van der Waals surface area contributed by atoms with Crippen LogP contribution in [0.3, 0.4) is 0 Å². The number of hydrogen-bond acceptors (Lipinski definition) is 5. The van der Waals surface area contributed by atoms with E-state index in [1.807, 2.05) is 0 Å². The molecule has 6 nitrogen and oxygen atoms in total. The molecule has 144 valence electrons. The van der Waals surface area contributed by atoms with Gasteiger partial charge < -0.3 is 9.47 Å².